The Labute approximate surface area is 191 Å². The molecule has 1 heterocycles. The van der Waals surface area contributed by atoms with E-state index in [1.165, 1.54) is 26.4 Å². The third-order valence-corrected chi connectivity index (χ3v) is 6.63. The summed E-state index contributed by atoms with van der Waals surface area (Å²) in [5, 5.41) is 6.17. The fourth-order valence-electron chi connectivity index (χ4n) is 4.61. The van der Waals surface area contributed by atoms with Gasteiger partial charge in [0.1, 0.15) is 17.9 Å². The molecule has 1 aliphatic carbocycles. The maximum Gasteiger partial charge on any atom is 0.329 e. The number of para-hydroxylation sites is 1. The van der Waals surface area contributed by atoms with Gasteiger partial charge in [-0.15, -0.1) is 0 Å². The van der Waals surface area contributed by atoms with Crippen molar-refractivity contribution < 1.29 is 23.8 Å². The Morgan fingerprint density at radius 1 is 1.12 bits per heavy atom. The van der Waals surface area contributed by atoms with Gasteiger partial charge in [0.05, 0.1) is 26.9 Å². The number of methoxy groups -OCH3 is 1. The zero-order valence-corrected chi connectivity index (χ0v) is 19.4. The smallest absolute Gasteiger partial charge is 0.329 e. The van der Waals surface area contributed by atoms with Crippen LogP contribution in [-0.2, 0) is 19.1 Å². The van der Waals surface area contributed by atoms with Crippen LogP contribution in [0.5, 0.6) is 5.75 Å². The molecule has 0 radical (unpaired) electrons. The van der Waals surface area contributed by atoms with Gasteiger partial charge in [-0.3, -0.25) is 15.0 Å². The number of rotatable bonds is 10. The Morgan fingerprint density at radius 3 is 2.47 bits per heavy atom. The lowest BCUT2D eigenvalue weighted by Crippen LogP contribution is -2.61. The first-order chi connectivity index (χ1) is 15.5. The maximum atomic E-state index is 12.7. The van der Waals surface area contributed by atoms with E-state index >= 15 is 0 Å². The molecule has 0 spiro atoms. The number of carbonyl (C=O) groups is 2. The van der Waals surface area contributed by atoms with Crippen molar-refractivity contribution in [2.75, 3.05) is 53.1 Å². The predicted molar refractivity (Wildman–Crippen MR) is 122 cm³/mol. The topological polar surface area (TPSA) is 89.1 Å². The van der Waals surface area contributed by atoms with Gasteiger partial charge in [-0.25, -0.2) is 4.79 Å². The largest absolute Gasteiger partial charge is 0.491 e. The molecule has 2 aliphatic rings. The average Bonchev–Trinajstić information content (AvgIpc) is 2.86. The first-order valence-electron chi connectivity index (χ1n) is 11.6. The first kappa shape index (κ1) is 24.5. The second kappa shape index (κ2) is 11.6. The molecule has 2 N–H and O–H groups in total. The normalized spacial score (nSPS) is 20.7. The summed E-state index contributed by atoms with van der Waals surface area (Å²) in [5.74, 6) is 0.0370. The highest BCUT2D eigenvalue weighted by Crippen LogP contribution is 2.33. The molecule has 2 fully saturated rings. The number of amides is 1. The first-order valence-corrected chi connectivity index (χ1v) is 11.6. The van der Waals surface area contributed by atoms with E-state index in [4.69, 9.17) is 14.2 Å². The third kappa shape index (κ3) is 6.43. The van der Waals surface area contributed by atoms with Crippen molar-refractivity contribution in [3.8, 4) is 5.75 Å². The van der Waals surface area contributed by atoms with Crippen LogP contribution in [-0.4, -0.2) is 81.0 Å². The van der Waals surface area contributed by atoms with Crippen LogP contribution in [0.25, 0.3) is 0 Å². The van der Waals surface area contributed by atoms with E-state index in [0.717, 1.165) is 39.1 Å². The number of hydrogen-bond acceptors (Lipinski definition) is 7. The van der Waals surface area contributed by atoms with E-state index in [9.17, 15) is 9.59 Å². The Kier molecular flexibility index (Phi) is 8.90. The lowest BCUT2D eigenvalue weighted by atomic mass is 9.79. The molecule has 1 aromatic rings. The molecule has 1 amide bonds. The van der Waals surface area contributed by atoms with Crippen molar-refractivity contribution >= 4 is 11.9 Å². The maximum absolute atomic E-state index is 12.7. The van der Waals surface area contributed by atoms with Crippen molar-refractivity contribution in [1.29, 1.82) is 0 Å². The van der Waals surface area contributed by atoms with Gasteiger partial charge in [0.15, 0.2) is 0 Å². The molecule has 1 aromatic carbocycles. The highest BCUT2D eigenvalue weighted by atomic mass is 16.5. The van der Waals surface area contributed by atoms with Crippen LogP contribution in [0.1, 0.15) is 39.0 Å². The van der Waals surface area contributed by atoms with Crippen molar-refractivity contribution in [1.82, 2.24) is 15.5 Å². The summed E-state index contributed by atoms with van der Waals surface area (Å²) in [6, 6.07) is 9.26. The summed E-state index contributed by atoms with van der Waals surface area (Å²) in [6.07, 6.45) is 5.79. The Morgan fingerprint density at radius 2 is 1.81 bits per heavy atom. The number of benzene rings is 1. The van der Waals surface area contributed by atoms with E-state index in [1.54, 1.807) is 6.92 Å². The molecule has 1 saturated carbocycles. The second-order valence-electron chi connectivity index (χ2n) is 8.94. The minimum absolute atomic E-state index is 0.000235. The molecule has 178 valence electrons. The van der Waals surface area contributed by atoms with Crippen LogP contribution in [0.3, 0.4) is 0 Å². The molecule has 1 saturated heterocycles. The van der Waals surface area contributed by atoms with Gasteiger partial charge in [0.2, 0.25) is 5.91 Å². The Bertz CT molecular complexity index is 732. The Hall–Kier alpha value is -2.16. The molecule has 8 heteroatoms. The summed E-state index contributed by atoms with van der Waals surface area (Å²) >= 11 is 0. The van der Waals surface area contributed by atoms with Crippen LogP contribution in [0, 0.1) is 0 Å². The van der Waals surface area contributed by atoms with Crippen LogP contribution >= 0.6 is 0 Å². The SMILES string of the molecule is COC(=O)C(C)(COc1ccccc1)NCC(=O)NCC1(N2CCOCC2)CCCCC1. The van der Waals surface area contributed by atoms with Crippen molar-refractivity contribution in [3.05, 3.63) is 30.3 Å². The number of ether oxygens (including phenoxy) is 3. The minimum Gasteiger partial charge on any atom is -0.491 e. The zero-order chi connectivity index (χ0) is 22.9. The molecule has 0 aromatic heterocycles. The molecule has 0 bridgehead atoms. The van der Waals surface area contributed by atoms with Gasteiger partial charge in [0, 0.05) is 25.2 Å². The number of nitrogens with one attached hydrogen (secondary N) is 2. The summed E-state index contributed by atoms with van der Waals surface area (Å²) in [7, 11) is 1.33. The fraction of sp³-hybridized carbons (Fsp3) is 0.667. The van der Waals surface area contributed by atoms with Gasteiger partial charge in [-0.2, -0.15) is 0 Å². The van der Waals surface area contributed by atoms with Crippen molar-refractivity contribution in [2.24, 2.45) is 0 Å². The van der Waals surface area contributed by atoms with Gasteiger partial charge in [-0.05, 0) is 31.9 Å². The molecule has 3 rings (SSSR count). The average molecular weight is 448 g/mol. The van der Waals surface area contributed by atoms with Gasteiger partial charge in [-0.1, -0.05) is 37.5 Å². The molecule has 1 aliphatic heterocycles. The second-order valence-corrected chi connectivity index (χ2v) is 8.94. The van der Waals surface area contributed by atoms with Crippen molar-refractivity contribution in [2.45, 2.75) is 50.1 Å². The summed E-state index contributed by atoms with van der Waals surface area (Å²) < 4.78 is 16.2. The standard InChI is InChI=1S/C24H37N3O5/c1-23(22(29)30-2,19-32-20-9-5-3-6-10-20)26-17-21(28)25-18-24(11-7-4-8-12-24)27-13-15-31-16-14-27/h3,5-6,9-10,26H,4,7-8,11-19H2,1-2H3,(H,25,28). The summed E-state index contributed by atoms with van der Waals surface area (Å²) in [6.45, 7) is 5.66. The van der Waals surface area contributed by atoms with E-state index in [2.05, 4.69) is 15.5 Å². The quantitative estimate of drug-likeness (QED) is 0.528. The number of esters is 1. The molecule has 1 atom stereocenters. The predicted octanol–water partition coefficient (Wildman–Crippen LogP) is 1.74. The number of hydrogen-bond donors (Lipinski definition) is 2. The van der Waals surface area contributed by atoms with Gasteiger partial charge in [0.25, 0.3) is 0 Å². The molecule has 1 unspecified atom stereocenters. The zero-order valence-electron chi connectivity index (χ0n) is 19.4. The third-order valence-electron chi connectivity index (χ3n) is 6.63. The van der Waals surface area contributed by atoms with Crippen LogP contribution in [0.2, 0.25) is 0 Å². The van der Waals surface area contributed by atoms with E-state index < -0.39 is 11.5 Å². The highest BCUT2D eigenvalue weighted by Gasteiger charge is 2.39. The minimum atomic E-state index is -1.14. The fourth-order valence-corrected chi connectivity index (χ4v) is 4.61. The van der Waals surface area contributed by atoms with Crippen LogP contribution in [0.4, 0.5) is 0 Å². The van der Waals surface area contributed by atoms with E-state index in [1.807, 2.05) is 30.3 Å². The molecule has 32 heavy (non-hydrogen) atoms. The van der Waals surface area contributed by atoms with Crippen LogP contribution < -0.4 is 15.4 Å². The number of morpholine rings is 1. The lowest BCUT2D eigenvalue weighted by molar-refractivity contribution is -0.149. The van der Waals surface area contributed by atoms with Crippen molar-refractivity contribution in [3.63, 3.8) is 0 Å². The molecule has 8 nitrogen and oxygen atoms in total. The van der Waals surface area contributed by atoms with Gasteiger partial charge >= 0.3 is 5.97 Å². The molecular formula is C24H37N3O5. The van der Waals surface area contributed by atoms with E-state index in [-0.39, 0.29) is 24.6 Å². The van der Waals surface area contributed by atoms with Gasteiger partial charge < -0.3 is 19.5 Å². The number of carbonyl (C=O) groups excluding carboxylic acids is 2. The highest BCUT2D eigenvalue weighted by molar-refractivity contribution is 5.83. The summed E-state index contributed by atoms with van der Waals surface area (Å²) in [4.78, 5) is 27.6. The van der Waals surface area contributed by atoms with E-state index in [0.29, 0.717) is 12.3 Å². The summed E-state index contributed by atoms with van der Waals surface area (Å²) in [5.41, 5.74) is -1.14. The monoisotopic (exact) mass is 447 g/mol. The Balaban J connectivity index is 1.54. The lowest BCUT2D eigenvalue weighted by Gasteiger charge is -2.48. The molecular weight excluding hydrogens is 410 g/mol. The number of nitrogens with zero attached hydrogens (tertiary/aromatic N) is 1. The van der Waals surface area contributed by atoms with Crippen LogP contribution in [0.15, 0.2) is 30.3 Å².